The molecule has 0 saturated carbocycles. The van der Waals surface area contributed by atoms with Crippen molar-refractivity contribution in [3.05, 3.63) is 70.9 Å². The maximum atomic E-state index is 5.88. The van der Waals surface area contributed by atoms with Gasteiger partial charge in [0.25, 0.3) is 0 Å². The summed E-state index contributed by atoms with van der Waals surface area (Å²) in [6.07, 6.45) is 3.01. The molecule has 3 rings (SSSR count). The molecule has 1 nitrogen and oxygen atoms in total. The molecule has 3 aromatic rings. The van der Waals surface area contributed by atoms with E-state index >= 15 is 0 Å². The third kappa shape index (κ3) is 2.06. The molecule has 0 aliphatic rings. The van der Waals surface area contributed by atoms with Crippen molar-refractivity contribution >= 4 is 22.5 Å². The highest BCUT2D eigenvalue weighted by molar-refractivity contribution is 6.30. The highest BCUT2D eigenvalue weighted by atomic mass is 35.5. The molecule has 2 aromatic carbocycles. The van der Waals surface area contributed by atoms with Crippen LogP contribution in [-0.2, 0) is 6.42 Å². The second kappa shape index (κ2) is 4.27. The number of aromatic amines is 1. The van der Waals surface area contributed by atoms with Crippen LogP contribution in [0.2, 0.25) is 5.02 Å². The second-order valence-electron chi connectivity index (χ2n) is 4.16. The first-order chi connectivity index (χ1) is 8.33. The number of aromatic nitrogens is 1. The average Bonchev–Trinajstić information content (AvgIpc) is 2.76. The molecule has 1 N–H and O–H groups in total. The molecule has 1 heterocycles. The van der Waals surface area contributed by atoms with Crippen molar-refractivity contribution in [1.29, 1.82) is 0 Å². The maximum Gasteiger partial charge on any atom is 0.0456 e. The first-order valence-corrected chi connectivity index (χ1v) is 6.00. The summed E-state index contributed by atoms with van der Waals surface area (Å²) in [6, 6.07) is 16.4. The number of rotatable bonds is 2. The van der Waals surface area contributed by atoms with Gasteiger partial charge in [-0.25, -0.2) is 0 Å². The zero-order valence-electron chi connectivity index (χ0n) is 9.28. The molecular weight excluding hydrogens is 230 g/mol. The largest absolute Gasteiger partial charge is 0.361 e. The average molecular weight is 242 g/mol. The third-order valence-electron chi connectivity index (χ3n) is 2.98. The predicted molar refractivity (Wildman–Crippen MR) is 72.6 cm³/mol. The van der Waals surface area contributed by atoms with Crippen molar-refractivity contribution in [3.8, 4) is 0 Å². The molecule has 0 aliphatic heterocycles. The van der Waals surface area contributed by atoms with Gasteiger partial charge in [-0.05, 0) is 35.7 Å². The van der Waals surface area contributed by atoms with Crippen LogP contribution in [-0.4, -0.2) is 4.98 Å². The highest BCUT2D eigenvalue weighted by Crippen LogP contribution is 2.21. The molecule has 84 valence electrons. The summed E-state index contributed by atoms with van der Waals surface area (Å²) in [5.74, 6) is 0. The van der Waals surface area contributed by atoms with Crippen LogP contribution in [0.3, 0.4) is 0 Å². The number of fused-ring (bicyclic) bond motifs is 1. The lowest BCUT2D eigenvalue weighted by Crippen LogP contribution is -1.85. The number of nitrogens with one attached hydrogen (secondary N) is 1. The molecule has 17 heavy (non-hydrogen) atoms. The first kappa shape index (κ1) is 10.4. The van der Waals surface area contributed by atoms with Crippen molar-refractivity contribution in [2.45, 2.75) is 6.42 Å². The molecule has 0 fully saturated rings. The fourth-order valence-corrected chi connectivity index (χ4v) is 2.23. The van der Waals surface area contributed by atoms with Crippen molar-refractivity contribution < 1.29 is 0 Å². The van der Waals surface area contributed by atoms with Gasteiger partial charge in [0.1, 0.15) is 0 Å². The van der Waals surface area contributed by atoms with Gasteiger partial charge in [0.2, 0.25) is 0 Å². The van der Waals surface area contributed by atoms with E-state index in [2.05, 4.69) is 41.5 Å². The summed E-state index contributed by atoms with van der Waals surface area (Å²) in [6.45, 7) is 0. The molecular formula is C15H12ClN. The SMILES string of the molecule is Clc1ccc(Cc2c[nH]c3ccccc23)cc1. The standard InChI is InChI=1S/C15H12ClN/c16-13-7-5-11(6-8-13)9-12-10-17-15-4-2-1-3-14(12)15/h1-8,10,17H,9H2. The zero-order valence-corrected chi connectivity index (χ0v) is 10.0. The molecule has 0 aliphatic carbocycles. The number of benzene rings is 2. The van der Waals surface area contributed by atoms with Gasteiger partial charge in [-0.15, -0.1) is 0 Å². The summed E-state index contributed by atoms with van der Waals surface area (Å²) in [5, 5.41) is 2.08. The predicted octanol–water partition coefficient (Wildman–Crippen LogP) is 4.41. The van der Waals surface area contributed by atoms with Crippen LogP contribution in [0.4, 0.5) is 0 Å². The van der Waals surface area contributed by atoms with Gasteiger partial charge in [0.15, 0.2) is 0 Å². The van der Waals surface area contributed by atoms with E-state index in [-0.39, 0.29) is 0 Å². The molecule has 0 unspecified atom stereocenters. The Morgan fingerprint density at radius 1 is 0.941 bits per heavy atom. The minimum atomic E-state index is 0.785. The highest BCUT2D eigenvalue weighted by Gasteiger charge is 2.03. The first-order valence-electron chi connectivity index (χ1n) is 5.62. The lowest BCUT2D eigenvalue weighted by molar-refractivity contribution is 1.21. The molecule has 0 spiro atoms. The topological polar surface area (TPSA) is 15.8 Å². The van der Waals surface area contributed by atoms with Crippen LogP contribution < -0.4 is 0 Å². The van der Waals surface area contributed by atoms with E-state index in [4.69, 9.17) is 11.6 Å². The zero-order chi connectivity index (χ0) is 11.7. The van der Waals surface area contributed by atoms with Gasteiger partial charge in [-0.3, -0.25) is 0 Å². The van der Waals surface area contributed by atoms with Gasteiger partial charge < -0.3 is 4.98 Å². The third-order valence-corrected chi connectivity index (χ3v) is 3.23. The fraction of sp³-hybridized carbons (Fsp3) is 0.0667. The molecule has 0 amide bonds. The van der Waals surface area contributed by atoms with Gasteiger partial charge in [0.05, 0.1) is 0 Å². The van der Waals surface area contributed by atoms with Crippen molar-refractivity contribution in [1.82, 2.24) is 4.98 Å². The Labute approximate surface area is 105 Å². The minimum Gasteiger partial charge on any atom is -0.361 e. The van der Waals surface area contributed by atoms with E-state index in [1.165, 1.54) is 22.0 Å². The van der Waals surface area contributed by atoms with Crippen LogP contribution in [0.5, 0.6) is 0 Å². The van der Waals surface area contributed by atoms with Gasteiger partial charge in [-0.2, -0.15) is 0 Å². The minimum absolute atomic E-state index is 0.785. The van der Waals surface area contributed by atoms with Crippen LogP contribution in [0, 0.1) is 0 Å². The smallest absolute Gasteiger partial charge is 0.0456 e. The van der Waals surface area contributed by atoms with E-state index in [1.807, 2.05) is 18.2 Å². The van der Waals surface area contributed by atoms with Crippen LogP contribution >= 0.6 is 11.6 Å². The van der Waals surface area contributed by atoms with Crippen molar-refractivity contribution in [3.63, 3.8) is 0 Å². The number of H-pyrrole nitrogens is 1. The van der Waals surface area contributed by atoms with E-state index in [9.17, 15) is 0 Å². The molecule has 2 heteroatoms. The fourth-order valence-electron chi connectivity index (χ4n) is 2.10. The summed E-state index contributed by atoms with van der Waals surface area (Å²) in [4.78, 5) is 3.29. The van der Waals surface area contributed by atoms with E-state index < -0.39 is 0 Å². The Balaban J connectivity index is 1.97. The van der Waals surface area contributed by atoms with Crippen molar-refractivity contribution in [2.24, 2.45) is 0 Å². The molecule has 1 aromatic heterocycles. The van der Waals surface area contributed by atoms with Gasteiger partial charge in [0, 0.05) is 22.1 Å². The Kier molecular flexibility index (Phi) is 2.62. The Morgan fingerprint density at radius 3 is 2.53 bits per heavy atom. The monoisotopic (exact) mass is 241 g/mol. The number of hydrogen-bond acceptors (Lipinski definition) is 0. The second-order valence-corrected chi connectivity index (χ2v) is 4.60. The van der Waals surface area contributed by atoms with Crippen molar-refractivity contribution in [2.75, 3.05) is 0 Å². The van der Waals surface area contributed by atoms with Crippen LogP contribution in [0.25, 0.3) is 10.9 Å². The summed E-state index contributed by atoms with van der Waals surface area (Å²) in [7, 11) is 0. The number of para-hydroxylation sites is 1. The molecule has 0 radical (unpaired) electrons. The van der Waals surface area contributed by atoms with Crippen LogP contribution in [0.1, 0.15) is 11.1 Å². The Morgan fingerprint density at radius 2 is 1.71 bits per heavy atom. The van der Waals surface area contributed by atoms with Gasteiger partial charge >= 0.3 is 0 Å². The molecule has 0 atom stereocenters. The summed E-state index contributed by atoms with van der Waals surface area (Å²) < 4.78 is 0. The van der Waals surface area contributed by atoms with Gasteiger partial charge in [-0.1, -0.05) is 41.9 Å². The lowest BCUT2D eigenvalue weighted by atomic mass is 10.0. The normalized spacial score (nSPS) is 10.9. The maximum absolute atomic E-state index is 5.88. The van der Waals surface area contributed by atoms with E-state index in [0.29, 0.717) is 0 Å². The lowest BCUT2D eigenvalue weighted by Gasteiger charge is -2.00. The Hall–Kier alpha value is -1.73. The molecule has 0 saturated heterocycles. The van der Waals surface area contributed by atoms with E-state index in [0.717, 1.165) is 11.4 Å². The Bertz CT molecular complexity index is 637. The molecule has 0 bridgehead atoms. The summed E-state index contributed by atoms with van der Waals surface area (Å²) >= 11 is 5.88. The van der Waals surface area contributed by atoms with E-state index in [1.54, 1.807) is 0 Å². The quantitative estimate of drug-likeness (QED) is 0.684. The van der Waals surface area contributed by atoms with Crippen LogP contribution in [0.15, 0.2) is 54.7 Å². The number of hydrogen-bond donors (Lipinski definition) is 1. The summed E-state index contributed by atoms with van der Waals surface area (Å²) in [5.41, 5.74) is 3.79. The number of halogens is 1.